The molecule has 0 atom stereocenters. The van der Waals surface area contributed by atoms with Crippen molar-refractivity contribution in [3.63, 3.8) is 0 Å². The lowest BCUT2D eigenvalue weighted by Gasteiger charge is -2.46. The minimum absolute atomic E-state index is 0.374. The first-order valence-electron chi connectivity index (χ1n) is 6.70. The number of rotatable bonds is 6. The van der Waals surface area contributed by atoms with Crippen molar-refractivity contribution in [2.24, 2.45) is 0 Å². The molecule has 1 aliphatic rings. The Morgan fingerprint density at radius 1 is 1.24 bits per heavy atom. The number of β-amino-alcohol motifs (C(OH)–C–C–N with tert-alkyl or cyclic N) is 1. The monoisotopic (exact) mass is 233 g/mol. The summed E-state index contributed by atoms with van der Waals surface area (Å²) in [6.45, 7) is 4.99. The van der Waals surface area contributed by atoms with E-state index in [1.807, 2.05) is 0 Å². The van der Waals surface area contributed by atoms with Gasteiger partial charge in [0.05, 0.1) is 5.60 Å². The number of hydrogen-bond acceptors (Lipinski definition) is 2. The van der Waals surface area contributed by atoms with Crippen molar-refractivity contribution >= 4 is 0 Å². The summed E-state index contributed by atoms with van der Waals surface area (Å²) in [4.78, 5) is 2.36. The number of aliphatic hydroxyl groups is 1. The summed E-state index contributed by atoms with van der Waals surface area (Å²) in [5.74, 6) is 0. The van der Waals surface area contributed by atoms with E-state index in [0.29, 0.717) is 0 Å². The van der Waals surface area contributed by atoms with E-state index in [4.69, 9.17) is 0 Å². The Bertz CT molecular complexity index is 330. The minimum atomic E-state index is -0.374. The normalized spacial score (nSPS) is 18.9. The highest BCUT2D eigenvalue weighted by atomic mass is 16.3. The maximum atomic E-state index is 10.1. The van der Waals surface area contributed by atoms with E-state index in [-0.39, 0.29) is 5.60 Å². The topological polar surface area (TPSA) is 23.5 Å². The van der Waals surface area contributed by atoms with Crippen LogP contribution in [0.2, 0.25) is 0 Å². The van der Waals surface area contributed by atoms with Crippen LogP contribution >= 0.6 is 0 Å². The maximum Gasteiger partial charge on any atom is 0.0900 e. The van der Waals surface area contributed by atoms with Crippen LogP contribution in [0.25, 0.3) is 0 Å². The van der Waals surface area contributed by atoms with Gasteiger partial charge in [-0.05, 0) is 31.4 Å². The number of benzene rings is 1. The Hall–Kier alpha value is -0.860. The Kier molecular flexibility index (Phi) is 4.19. The van der Waals surface area contributed by atoms with Gasteiger partial charge in [-0.15, -0.1) is 0 Å². The molecule has 17 heavy (non-hydrogen) atoms. The molecule has 2 nitrogen and oxygen atoms in total. The fourth-order valence-electron chi connectivity index (χ4n) is 2.72. The molecule has 1 aliphatic heterocycles. The zero-order valence-corrected chi connectivity index (χ0v) is 10.7. The van der Waals surface area contributed by atoms with E-state index in [9.17, 15) is 5.11 Å². The van der Waals surface area contributed by atoms with Crippen LogP contribution in [0, 0.1) is 0 Å². The molecule has 1 heterocycles. The highest BCUT2D eigenvalue weighted by Gasteiger charge is 2.39. The third-order valence-electron chi connectivity index (χ3n) is 3.53. The minimum Gasteiger partial charge on any atom is -0.387 e. The smallest absolute Gasteiger partial charge is 0.0900 e. The summed E-state index contributed by atoms with van der Waals surface area (Å²) < 4.78 is 0. The first kappa shape index (κ1) is 12.6. The Labute approximate surface area is 104 Å². The van der Waals surface area contributed by atoms with Gasteiger partial charge in [-0.25, -0.2) is 0 Å². The van der Waals surface area contributed by atoms with Crippen LogP contribution in [-0.2, 0) is 6.42 Å². The van der Waals surface area contributed by atoms with Crippen LogP contribution < -0.4 is 0 Å². The van der Waals surface area contributed by atoms with Crippen molar-refractivity contribution in [1.82, 2.24) is 4.90 Å². The summed E-state index contributed by atoms with van der Waals surface area (Å²) in [7, 11) is 0. The third-order valence-corrected chi connectivity index (χ3v) is 3.53. The third kappa shape index (κ3) is 3.55. The van der Waals surface area contributed by atoms with E-state index in [1.54, 1.807) is 0 Å². The molecule has 0 aromatic heterocycles. The molecule has 94 valence electrons. The lowest BCUT2D eigenvalue weighted by molar-refractivity contribution is -0.103. The largest absolute Gasteiger partial charge is 0.387 e. The van der Waals surface area contributed by atoms with Gasteiger partial charge in [-0.1, -0.05) is 43.7 Å². The number of nitrogens with zero attached hydrogens (tertiary/aromatic N) is 1. The molecule has 0 aliphatic carbocycles. The molecule has 0 saturated carbocycles. The van der Waals surface area contributed by atoms with E-state index in [1.165, 1.54) is 12.0 Å². The van der Waals surface area contributed by atoms with Crippen molar-refractivity contribution < 1.29 is 5.11 Å². The van der Waals surface area contributed by atoms with E-state index >= 15 is 0 Å². The fraction of sp³-hybridized carbons (Fsp3) is 0.600. The molecular weight excluding hydrogens is 210 g/mol. The number of hydrogen-bond donors (Lipinski definition) is 1. The highest BCUT2D eigenvalue weighted by molar-refractivity contribution is 5.14. The number of likely N-dealkylation sites (tertiary alicyclic amines) is 1. The zero-order chi connectivity index (χ0) is 12.1. The molecule has 0 spiro atoms. The fourth-order valence-corrected chi connectivity index (χ4v) is 2.72. The Morgan fingerprint density at radius 2 is 1.94 bits per heavy atom. The predicted molar refractivity (Wildman–Crippen MR) is 71.1 cm³/mol. The highest BCUT2D eigenvalue weighted by Crippen LogP contribution is 2.25. The van der Waals surface area contributed by atoms with E-state index in [0.717, 1.165) is 38.9 Å². The standard InChI is InChI=1S/C15H23NO/c1-2-10-15(17)12-16(13-15)11-6-9-14-7-4-3-5-8-14/h3-5,7-8,17H,2,6,9-13H2,1H3. The second kappa shape index (κ2) is 5.65. The second-order valence-electron chi connectivity index (χ2n) is 5.27. The summed E-state index contributed by atoms with van der Waals surface area (Å²) in [5.41, 5.74) is 1.04. The van der Waals surface area contributed by atoms with Crippen molar-refractivity contribution in [3.05, 3.63) is 35.9 Å². The van der Waals surface area contributed by atoms with Gasteiger partial charge in [0.1, 0.15) is 0 Å². The molecule has 2 heteroatoms. The van der Waals surface area contributed by atoms with Gasteiger partial charge in [0.25, 0.3) is 0 Å². The zero-order valence-electron chi connectivity index (χ0n) is 10.7. The van der Waals surface area contributed by atoms with Crippen LogP contribution in [0.1, 0.15) is 31.7 Å². The first-order valence-corrected chi connectivity index (χ1v) is 6.70. The summed E-state index contributed by atoms with van der Waals surface area (Å²) in [6.07, 6.45) is 4.35. The Morgan fingerprint density at radius 3 is 2.59 bits per heavy atom. The van der Waals surface area contributed by atoms with E-state index < -0.39 is 0 Å². The van der Waals surface area contributed by atoms with Gasteiger partial charge in [0.15, 0.2) is 0 Å². The van der Waals surface area contributed by atoms with Crippen LogP contribution in [0.3, 0.4) is 0 Å². The van der Waals surface area contributed by atoms with Gasteiger partial charge >= 0.3 is 0 Å². The van der Waals surface area contributed by atoms with Crippen LogP contribution in [-0.4, -0.2) is 35.2 Å². The molecule has 1 aromatic carbocycles. The molecule has 1 N–H and O–H groups in total. The Balaban J connectivity index is 1.62. The molecule has 1 aromatic rings. The van der Waals surface area contributed by atoms with Gasteiger partial charge < -0.3 is 5.11 Å². The second-order valence-corrected chi connectivity index (χ2v) is 5.27. The summed E-state index contributed by atoms with van der Waals surface area (Å²) in [5, 5.41) is 10.1. The van der Waals surface area contributed by atoms with Crippen molar-refractivity contribution in [2.45, 2.75) is 38.2 Å². The van der Waals surface area contributed by atoms with Crippen LogP contribution in [0.4, 0.5) is 0 Å². The van der Waals surface area contributed by atoms with Crippen molar-refractivity contribution in [2.75, 3.05) is 19.6 Å². The molecule has 0 radical (unpaired) electrons. The molecule has 0 amide bonds. The molecule has 1 saturated heterocycles. The molecule has 0 unspecified atom stereocenters. The summed E-state index contributed by atoms with van der Waals surface area (Å²) in [6, 6.07) is 10.6. The molecule has 1 fully saturated rings. The van der Waals surface area contributed by atoms with Gasteiger partial charge in [-0.3, -0.25) is 4.90 Å². The first-order chi connectivity index (χ1) is 8.22. The maximum absolute atomic E-state index is 10.1. The predicted octanol–water partition coefficient (Wildman–Crippen LogP) is 2.47. The molecule has 2 rings (SSSR count). The van der Waals surface area contributed by atoms with Crippen LogP contribution in [0.5, 0.6) is 0 Å². The quantitative estimate of drug-likeness (QED) is 0.816. The average molecular weight is 233 g/mol. The SMILES string of the molecule is CCCC1(O)CN(CCCc2ccccc2)C1. The average Bonchev–Trinajstić information content (AvgIpc) is 2.28. The lowest BCUT2D eigenvalue weighted by Crippen LogP contribution is -2.61. The van der Waals surface area contributed by atoms with Crippen molar-refractivity contribution in [1.29, 1.82) is 0 Å². The molecular formula is C15H23NO. The van der Waals surface area contributed by atoms with Gasteiger partial charge in [0, 0.05) is 13.1 Å². The van der Waals surface area contributed by atoms with Gasteiger partial charge in [0.2, 0.25) is 0 Å². The lowest BCUT2D eigenvalue weighted by atomic mass is 9.89. The van der Waals surface area contributed by atoms with Crippen molar-refractivity contribution in [3.8, 4) is 0 Å². The van der Waals surface area contributed by atoms with Crippen LogP contribution in [0.15, 0.2) is 30.3 Å². The van der Waals surface area contributed by atoms with E-state index in [2.05, 4.69) is 42.2 Å². The molecule has 0 bridgehead atoms. The number of aryl methyl sites for hydroxylation is 1. The van der Waals surface area contributed by atoms with Gasteiger partial charge in [-0.2, -0.15) is 0 Å². The summed E-state index contributed by atoms with van der Waals surface area (Å²) >= 11 is 0.